The number of carbonyl (C=O) groups is 1. The molecule has 0 radical (unpaired) electrons. The first-order chi connectivity index (χ1) is 5.76. The Labute approximate surface area is 77.4 Å². The van der Waals surface area contributed by atoms with Crippen molar-refractivity contribution in [2.45, 2.75) is 26.7 Å². The summed E-state index contributed by atoms with van der Waals surface area (Å²) in [6.07, 6.45) is 3.01. The van der Waals surface area contributed by atoms with Crippen LogP contribution < -0.4 is 0 Å². The molecule has 0 aromatic carbocycles. The fraction of sp³-hybridized carbons (Fsp3) is 0.500. The van der Waals surface area contributed by atoms with Gasteiger partial charge in [0.05, 0.1) is 0 Å². The van der Waals surface area contributed by atoms with E-state index in [1.165, 1.54) is 9.75 Å². The Kier molecular flexibility index (Phi) is 3.48. The fourth-order valence-corrected chi connectivity index (χ4v) is 2.19. The van der Waals surface area contributed by atoms with Crippen molar-refractivity contribution in [3.63, 3.8) is 0 Å². The SMILES string of the molecule is CCc1ccc(CC(C)C=O)s1. The van der Waals surface area contributed by atoms with E-state index >= 15 is 0 Å². The van der Waals surface area contributed by atoms with Gasteiger partial charge in [0, 0.05) is 15.7 Å². The summed E-state index contributed by atoms with van der Waals surface area (Å²) in [5.74, 6) is 0.161. The molecule has 0 aliphatic rings. The lowest BCUT2D eigenvalue weighted by atomic mass is 10.1. The van der Waals surface area contributed by atoms with Gasteiger partial charge >= 0.3 is 0 Å². The molecule has 0 spiro atoms. The van der Waals surface area contributed by atoms with Gasteiger partial charge in [0.2, 0.25) is 0 Å². The number of thiophene rings is 1. The van der Waals surface area contributed by atoms with E-state index in [1.54, 1.807) is 0 Å². The summed E-state index contributed by atoms with van der Waals surface area (Å²) in [6, 6.07) is 4.28. The van der Waals surface area contributed by atoms with Gasteiger partial charge in [-0.3, -0.25) is 0 Å². The van der Waals surface area contributed by atoms with Crippen molar-refractivity contribution in [3.05, 3.63) is 21.9 Å². The summed E-state index contributed by atoms with van der Waals surface area (Å²) >= 11 is 1.82. The van der Waals surface area contributed by atoms with Gasteiger partial charge < -0.3 is 4.79 Å². The quantitative estimate of drug-likeness (QED) is 0.654. The second-order valence-electron chi connectivity index (χ2n) is 3.04. The van der Waals surface area contributed by atoms with Crippen LogP contribution in [0.1, 0.15) is 23.6 Å². The lowest BCUT2D eigenvalue weighted by molar-refractivity contribution is -0.110. The molecule has 1 unspecified atom stereocenters. The minimum Gasteiger partial charge on any atom is -0.303 e. The van der Waals surface area contributed by atoms with Crippen LogP contribution in [0.3, 0.4) is 0 Å². The molecule has 1 heterocycles. The lowest BCUT2D eigenvalue weighted by Gasteiger charge is -1.98. The van der Waals surface area contributed by atoms with Gasteiger partial charge in [-0.25, -0.2) is 0 Å². The molecule has 0 aliphatic heterocycles. The van der Waals surface area contributed by atoms with Crippen molar-refractivity contribution in [2.24, 2.45) is 5.92 Å². The summed E-state index contributed by atoms with van der Waals surface area (Å²) in [7, 11) is 0. The lowest BCUT2D eigenvalue weighted by Crippen LogP contribution is -1.98. The third-order valence-corrected chi connectivity index (χ3v) is 3.07. The minimum absolute atomic E-state index is 0.161. The molecular formula is C10H14OS. The highest BCUT2D eigenvalue weighted by molar-refractivity contribution is 7.11. The summed E-state index contributed by atoms with van der Waals surface area (Å²) in [4.78, 5) is 13.1. The van der Waals surface area contributed by atoms with E-state index in [-0.39, 0.29) is 5.92 Å². The van der Waals surface area contributed by atoms with Gasteiger partial charge in [-0.2, -0.15) is 0 Å². The molecule has 1 atom stereocenters. The smallest absolute Gasteiger partial charge is 0.123 e. The van der Waals surface area contributed by atoms with Crippen LogP contribution in [0.15, 0.2) is 12.1 Å². The maximum Gasteiger partial charge on any atom is 0.123 e. The molecule has 66 valence electrons. The van der Waals surface area contributed by atoms with E-state index in [2.05, 4.69) is 19.1 Å². The number of rotatable bonds is 4. The molecule has 1 aromatic rings. The molecular weight excluding hydrogens is 168 g/mol. The Bertz CT molecular complexity index is 252. The molecule has 0 fully saturated rings. The Morgan fingerprint density at radius 1 is 1.50 bits per heavy atom. The minimum atomic E-state index is 0.161. The highest BCUT2D eigenvalue weighted by Crippen LogP contribution is 2.19. The van der Waals surface area contributed by atoms with Crippen molar-refractivity contribution in [2.75, 3.05) is 0 Å². The topological polar surface area (TPSA) is 17.1 Å². The molecule has 2 heteroatoms. The molecule has 0 N–H and O–H groups in total. The maximum atomic E-state index is 10.4. The van der Waals surface area contributed by atoms with Gasteiger partial charge in [0.25, 0.3) is 0 Å². The molecule has 0 amide bonds. The van der Waals surface area contributed by atoms with Crippen molar-refractivity contribution in [1.82, 2.24) is 0 Å². The molecule has 0 saturated carbocycles. The predicted octanol–water partition coefficient (Wildman–Crippen LogP) is 2.69. The van der Waals surface area contributed by atoms with E-state index in [4.69, 9.17) is 0 Å². The van der Waals surface area contributed by atoms with Crippen LogP contribution in [0.5, 0.6) is 0 Å². The highest BCUT2D eigenvalue weighted by atomic mass is 32.1. The summed E-state index contributed by atoms with van der Waals surface area (Å²) < 4.78 is 0. The molecule has 1 aromatic heterocycles. The van der Waals surface area contributed by atoms with Crippen molar-refractivity contribution in [1.29, 1.82) is 0 Å². The number of carbonyl (C=O) groups excluding carboxylic acids is 1. The Morgan fingerprint density at radius 3 is 2.67 bits per heavy atom. The fourth-order valence-electron chi connectivity index (χ4n) is 1.09. The third kappa shape index (κ3) is 2.45. The van der Waals surface area contributed by atoms with Gasteiger partial charge in [-0.15, -0.1) is 11.3 Å². The van der Waals surface area contributed by atoms with Crippen molar-refractivity contribution in [3.8, 4) is 0 Å². The zero-order chi connectivity index (χ0) is 8.97. The molecule has 12 heavy (non-hydrogen) atoms. The van der Waals surface area contributed by atoms with Crippen LogP contribution in [0.25, 0.3) is 0 Å². The number of hydrogen-bond acceptors (Lipinski definition) is 2. The normalized spacial score (nSPS) is 12.8. The van der Waals surface area contributed by atoms with Gasteiger partial charge in [-0.1, -0.05) is 13.8 Å². The number of hydrogen-bond donors (Lipinski definition) is 0. The first-order valence-electron chi connectivity index (χ1n) is 4.29. The molecule has 0 saturated heterocycles. The highest BCUT2D eigenvalue weighted by Gasteiger charge is 2.03. The third-order valence-electron chi connectivity index (χ3n) is 1.82. The van der Waals surface area contributed by atoms with Crippen LogP contribution >= 0.6 is 11.3 Å². The van der Waals surface area contributed by atoms with Crippen LogP contribution in [-0.4, -0.2) is 6.29 Å². The van der Waals surface area contributed by atoms with Gasteiger partial charge in [0.1, 0.15) is 6.29 Å². The average Bonchev–Trinajstić information content (AvgIpc) is 2.52. The number of aryl methyl sites for hydroxylation is 1. The average molecular weight is 182 g/mol. The predicted molar refractivity (Wildman–Crippen MR) is 52.6 cm³/mol. The molecule has 0 aliphatic carbocycles. The Hall–Kier alpha value is -0.630. The largest absolute Gasteiger partial charge is 0.303 e. The maximum absolute atomic E-state index is 10.4. The zero-order valence-corrected chi connectivity index (χ0v) is 8.36. The van der Waals surface area contributed by atoms with Crippen LogP contribution in [0.4, 0.5) is 0 Å². The first-order valence-corrected chi connectivity index (χ1v) is 5.10. The van der Waals surface area contributed by atoms with Crippen molar-refractivity contribution < 1.29 is 4.79 Å². The Morgan fingerprint density at radius 2 is 2.17 bits per heavy atom. The Balaban J connectivity index is 2.57. The van der Waals surface area contributed by atoms with Gasteiger partial charge in [-0.05, 0) is 25.0 Å². The molecule has 1 rings (SSSR count). The monoisotopic (exact) mass is 182 g/mol. The zero-order valence-electron chi connectivity index (χ0n) is 7.54. The van der Waals surface area contributed by atoms with E-state index in [9.17, 15) is 4.79 Å². The second-order valence-corrected chi connectivity index (χ2v) is 4.29. The summed E-state index contributed by atoms with van der Waals surface area (Å²) in [5.41, 5.74) is 0. The van der Waals surface area contributed by atoms with Gasteiger partial charge in [0.15, 0.2) is 0 Å². The molecule has 1 nitrogen and oxygen atoms in total. The molecule has 0 bridgehead atoms. The van der Waals surface area contributed by atoms with Crippen LogP contribution in [0.2, 0.25) is 0 Å². The van der Waals surface area contributed by atoms with Crippen LogP contribution in [0, 0.1) is 5.92 Å². The van der Waals surface area contributed by atoms with Crippen molar-refractivity contribution >= 4 is 17.6 Å². The second kappa shape index (κ2) is 4.41. The first kappa shape index (κ1) is 9.46. The van der Waals surface area contributed by atoms with E-state index in [0.29, 0.717) is 0 Å². The summed E-state index contributed by atoms with van der Waals surface area (Å²) in [6.45, 7) is 4.11. The summed E-state index contributed by atoms with van der Waals surface area (Å²) in [5, 5.41) is 0. The van der Waals surface area contributed by atoms with Crippen LogP contribution in [-0.2, 0) is 17.6 Å². The number of aldehydes is 1. The standard InChI is InChI=1S/C10H14OS/c1-3-9-4-5-10(12-9)6-8(2)7-11/h4-5,7-8H,3,6H2,1-2H3. The van der Waals surface area contributed by atoms with E-state index in [0.717, 1.165) is 19.1 Å². The van der Waals surface area contributed by atoms with E-state index in [1.807, 2.05) is 18.3 Å². The van der Waals surface area contributed by atoms with E-state index < -0.39 is 0 Å².